The number of benzene rings is 2. The van der Waals surface area contributed by atoms with Crippen molar-refractivity contribution in [3.8, 4) is 11.3 Å². The monoisotopic (exact) mass is 411 g/mol. The zero-order valence-corrected chi connectivity index (χ0v) is 17.5. The van der Waals surface area contributed by atoms with Gasteiger partial charge < -0.3 is 8.82 Å². The van der Waals surface area contributed by atoms with Crippen molar-refractivity contribution in [2.24, 2.45) is 0 Å². The summed E-state index contributed by atoms with van der Waals surface area (Å²) in [6, 6.07) is 18.8. The van der Waals surface area contributed by atoms with Crippen molar-refractivity contribution in [1.29, 1.82) is 0 Å². The SMILES string of the molecule is Cc1cc(Cc2cn3cc(-c4ccccc4)nc(Cc4ccccc4F)c3n2)oc1C. The lowest BCUT2D eigenvalue weighted by molar-refractivity contribution is 0.490. The van der Waals surface area contributed by atoms with Crippen LogP contribution in [-0.2, 0) is 12.8 Å². The molecule has 2 aromatic carbocycles. The lowest BCUT2D eigenvalue weighted by atomic mass is 10.1. The smallest absolute Gasteiger partial charge is 0.159 e. The fourth-order valence-electron chi connectivity index (χ4n) is 3.80. The first-order chi connectivity index (χ1) is 15.1. The molecule has 0 aliphatic heterocycles. The predicted molar refractivity (Wildman–Crippen MR) is 119 cm³/mol. The standard InChI is InChI=1S/C26H22FN3O/c1-17-12-22(31-18(17)2)14-21-15-30-16-25(19-8-4-3-5-9-19)29-24(26(30)28-21)13-20-10-6-7-11-23(20)27/h3-12,15-16H,13-14H2,1-2H3. The molecule has 5 heteroatoms. The maximum atomic E-state index is 14.4. The van der Waals surface area contributed by atoms with E-state index in [4.69, 9.17) is 14.4 Å². The quantitative estimate of drug-likeness (QED) is 0.360. The number of aryl methyl sites for hydroxylation is 2. The Bertz CT molecular complexity index is 1350. The highest BCUT2D eigenvalue weighted by molar-refractivity contribution is 5.62. The van der Waals surface area contributed by atoms with Crippen LogP contribution in [0.3, 0.4) is 0 Å². The Kier molecular flexibility index (Phi) is 4.86. The number of imidazole rings is 1. The lowest BCUT2D eigenvalue weighted by Crippen LogP contribution is -2.02. The minimum absolute atomic E-state index is 0.235. The molecule has 31 heavy (non-hydrogen) atoms. The molecule has 3 heterocycles. The van der Waals surface area contributed by atoms with Crippen molar-refractivity contribution in [1.82, 2.24) is 14.4 Å². The summed E-state index contributed by atoms with van der Waals surface area (Å²) >= 11 is 0. The van der Waals surface area contributed by atoms with Gasteiger partial charge in [0.25, 0.3) is 0 Å². The van der Waals surface area contributed by atoms with Gasteiger partial charge in [0.15, 0.2) is 5.65 Å². The Balaban J connectivity index is 1.61. The van der Waals surface area contributed by atoms with Gasteiger partial charge >= 0.3 is 0 Å². The molecule has 0 aliphatic carbocycles. The van der Waals surface area contributed by atoms with Crippen LogP contribution in [0.1, 0.15) is 34.0 Å². The third-order valence-corrected chi connectivity index (χ3v) is 5.51. The van der Waals surface area contributed by atoms with Crippen LogP contribution >= 0.6 is 0 Å². The number of fused-ring (bicyclic) bond motifs is 1. The number of furan rings is 1. The van der Waals surface area contributed by atoms with Gasteiger partial charge in [-0.2, -0.15) is 0 Å². The molecular formula is C26H22FN3O. The third kappa shape index (κ3) is 3.87. The molecule has 0 fully saturated rings. The average molecular weight is 411 g/mol. The fraction of sp³-hybridized carbons (Fsp3) is 0.154. The van der Waals surface area contributed by atoms with E-state index in [1.54, 1.807) is 12.1 Å². The normalized spacial score (nSPS) is 11.3. The van der Waals surface area contributed by atoms with Gasteiger partial charge in [-0.15, -0.1) is 0 Å². The first-order valence-corrected chi connectivity index (χ1v) is 10.3. The van der Waals surface area contributed by atoms with Crippen molar-refractivity contribution in [2.45, 2.75) is 26.7 Å². The van der Waals surface area contributed by atoms with Gasteiger partial charge in [-0.1, -0.05) is 48.5 Å². The molecule has 0 amide bonds. The number of hydrogen-bond acceptors (Lipinski definition) is 3. The maximum Gasteiger partial charge on any atom is 0.159 e. The first-order valence-electron chi connectivity index (χ1n) is 10.3. The molecule has 0 saturated carbocycles. The number of rotatable bonds is 5. The van der Waals surface area contributed by atoms with Crippen LogP contribution in [0.4, 0.5) is 4.39 Å². The van der Waals surface area contributed by atoms with Crippen LogP contribution in [0, 0.1) is 19.7 Å². The second kappa shape index (κ2) is 7.84. The zero-order valence-electron chi connectivity index (χ0n) is 17.5. The van der Waals surface area contributed by atoms with Crippen molar-refractivity contribution in [2.75, 3.05) is 0 Å². The molecule has 0 bridgehead atoms. The molecule has 5 rings (SSSR count). The third-order valence-electron chi connectivity index (χ3n) is 5.51. The van der Waals surface area contributed by atoms with Crippen LogP contribution < -0.4 is 0 Å². The topological polar surface area (TPSA) is 43.3 Å². The van der Waals surface area contributed by atoms with E-state index in [1.165, 1.54) is 6.07 Å². The van der Waals surface area contributed by atoms with E-state index in [-0.39, 0.29) is 5.82 Å². The Hall–Kier alpha value is -3.73. The van der Waals surface area contributed by atoms with Gasteiger partial charge in [0.1, 0.15) is 17.3 Å². The van der Waals surface area contributed by atoms with Crippen LogP contribution in [0.5, 0.6) is 0 Å². The van der Waals surface area contributed by atoms with E-state index in [0.29, 0.717) is 18.4 Å². The molecule has 5 aromatic rings. The lowest BCUT2D eigenvalue weighted by Gasteiger charge is -2.08. The van der Waals surface area contributed by atoms with Crippen LogP contribution in [0.2, 0.25) is 0 Å². The van der Waals surface area contributed by atoms with Gasteiger partial charge in [-0.25, -0.2) is 14.4 Å². The van der Waals surface area contributed by atoms with E-state index >= 15 is 0 Å². The molecule has 3 aromatic heterocycles. The Morgan fingerprint density at radius 3 is 2.42 bits per heavy atom. The molecular weight excluding hydrogens is 389 g/mol. The van der Waals surface area contributed by atoms with E-state index < -0.39 is 0 Å². The van der Waals surface area contributed by atoms with Gasteiger partial charge in [0.2, 0.25) is 0 Å². The minimum atomic E-state index is -0.235. The average Bonchev–Trinajstić information content (AvgIpc) is 3.32. The summed E-state index contributed by atoms with van der Waals surface area (Å²) in [7, 11) is 0. The summed E-state index contributed by atoms with van der Waals surface area (Å²) in [6.07, 6.45) is 4.94. The van der Waals surface area contributed by atoms with Gasteiger partial charge in [0, 0.05) is 30.8 Å². The summed E-state index contributed by atoms with van der Waals surface area (Å²) in [5.74, 6) is 1.57. The summed E-state index contributed by atoms with van der Waals surface area (Å²) in [5.41, 5.74) is 5.92. The number of halogens is 1. The summed E-state index contributed by atoms with van der Waals surface area (Å²) in [5, 5.41) is 0. The highest BCUT2D eigenvalue weighted by atomic mass is 19.1. The second-order valence-corrected chi connectivity index (χ2v) is 7.80. The van der Waals surface area contributed by atoms with Gasteiger partial charge in [-0.3, -0.25) is 0 Å². The number of aromatic nitrogens is 3. The Morgan fingerprint density at radius 1 is 0.903 bits per heavy atom. The van der Waals surface area contributed by atoms with E-state index in [0.717, 1.165) is 45.4 Å². The van der Waals surface area contributed by atoms with Crippen LogP contribution in [0.25, 0.3) is 16.9 Å². The fourth-order valence-corrected chi connectivity index (χ4v) is 3.80. The zero-order chi connectivity index (χ0) is 21.4. The van der Waals surface area contributed by atoms with Crippen molar-refractivity contribution in [3.05, 3.63) is 113 Å². The highest BCUT2D eigenvalue weighted by Crippen LogP contribution is 2.24. The number of hydrogen-bond donors (Lipinski definition) is 0. The second-order valence-electron chi connectivity index (χ2n) is 7.80. The van der Waals surface area contributed by atoms with Crippen molar-refractivity contribution >= 4 is 5.65 Å². The van der Waals surface area contributed by atoms with Crippen molar-refractivity contribution < 1.29 is 8.81 Å². The summed E-state index contributed by atoms with van der Waals surface area (Å²) in [4.78, 5) is 9.70. The minimum Gasteiger partial charge on any atom is -0.466 e. The highest BCUT2D eigenvalue weighted by Gasteiger charge is 2.15. The molecule has 4 nitrogen and oxygen atoms in total. The van der Waals surface area contributed by atoms with Gasteiger partial charge in [-0.05, 0) is 37.1 Å². The molecule has 0 unspecified atom stereocenters. The molecule has 0 radical (unpaired) electrons. The maximum absolute atomic E-state index is 14.4. The molecule has 0 spiro atoms. The van der Waals surface area contributed by atoms with E-state index in [2.05, 4.69) is 0 Å². The summed E-state index contributed by atoms with van der Waals surface area (Å²) in [6.45, 7) is 4.00. The first kappa shape index (κ1) is 19.2. The van der Waals surface area contributed by atoms with Crippen LogP contribution in [-0.4, -0.2) is 14.4 Å². The molecule has 0 aliphatic rings. The Morgan fingerprint density at radius 2 is 1.68 bits per heavy atom. The predicted octanol–water partition coefficient (Wildman–Crippen LogP) is 5.93. The van der Waals surface area contributed by atoms with Crippen LogP contribution in [0.15, 0.2) is 77.5 Å². The van der Waals surface area contributed by atoms with E-state index in [1.807, 2.05) is 73.1 Å². The largest absolute Gasteiger partial charge is 0.466 e. The van der Waals surface area contributed by atoms with Gasteiger partial charge in [0.05, 0.1) is 17.1 Å². The molecule has 0 N–H and O–H groups in total. The van der Waals surface area contributed by atoms with E-state index in [9.17, 15) is 4.39 Å². The Labute approximate surface area is 180 Å². The van der Waals surface area contributed by atoms with Crippen molar-refractivity contribution in [3.63, 3.8) is 0 Å². The summed E-state index contributed by atoms with van der Waals surface area (Å²) < 4.78 is 22.2. The molecule has 0 saturated heterocycles. The number of nitrogens with zero attached hydrogens (tertiary/aromatic N) is 3. The molecule has 0 atom stereocenters. The molecule has 154 valence electrons.